The van der Waals surface area contributed by atoms with E-state index in [0.717, 1.165) is 5.39 Å². The van der Waals surface area contributed by atoms with E-state index in [9.17, 15) is 8.78 Å². The number of hydrogen-bond donors (Lipinski definition) is 2. The molecule has 4 rings (SSSR count). The van der Waals surface area contributed by atoms with Crippen LogP contribution in [0.5, 0.6) is 0 Å². The van der Waals surface area contributed by atoms with Gasteiger partial charge in [-0.15, -0.1) is 0 Å². The molecule has 10 heteroatoms. The standard InChI is InChI=1S/C18H18ClF2N7/c1-9(14-25-16(22)27-17(23)26-14)11-7-10-3-2-4-12(19)13(10)24-15(11)28-6-5-18(20,21)8-28/h2-4,7,9H,5-6,8H2,1H3,(H4,22,23,25,26,27). The lowest BCUT2D eigenvalue weighted by molar-refractivity contribution is 0.0256. The van der Waals surface area contributed by atoms with E-state index in [-0.39, 0.29) is 24.9 Å². The largest absolute Gasteiger partial charge is 0.368 e. The molecule has 3 heterocycles. The number of nitrogens with zero attached hydrogens (tertiary/aromatic N) is 5. The van der Waals surface area contributed by atoms with Crippen molar-refractivity contribution in [3.8, 4) is 0 Å². The first-order chi connectivity index (χ1) is 13.2. The molecule has 28 heavy (non-hydrogen) atoms. The number of hydrogen-bond acceptors (Lipinski definition) is 7. The molecule has 1 atom stereocenters. The Hall–Kier alpha value is -2.81. The normalized spacial score (nSPS) is 17.2. The monoisotopic (exact) mass is 405 g/mol. The Morgan fingerprint density at radius 3 is 2.50 bits per heavy atom. The van der Waals surface area contributed by atoms with Crippen molar-refractivity contribution in [2.45, 2.75) is 25.2 Å². The molecule has 0 amide bonds. The molecule has 1 unspecified atom stereocenters. The highest BCUT2D eigenvalue weighted by molar-refractivity contribution is 6.35. The van der Waals surface area contributed by atoms with Crippen molar-refractivity contribution in [3.63, 3.8) is 0 Å². The molecule has 0 aliphatic carbocycles. The molecule has 1 aliphatic rings. The van der Waals surface area contributed by atoms with Gasteiger partial charge in [0.1, 0.15) is 11.6 Å². The van der Waals surface area contributed by atoms with Crippen LogP contribution in [-0.4, -0.2) is 38.9 Å². The molecule has 3 aromatic rings. The van der Waals surface area contributed by atoms with Gasteiger partial charge in [-0.25, -0.2) is 13.8 Å². The molecule has 0 radical (unpaired) electrons. The van der Waals surface area contributed by atoms with Gasteiger partial charge in [0.25, 0.3) is 5.92 Å². The van der Waals surface area contributed by atoms with Gasteiger partial charge in [0, 0.05) is 29.8 Å². The zero-order valence-corrected chi connectivity index (χ0v) is 15.8. The van der Waals surface area contributed by atoms with Gasteiger partial charge in [-0.2, -0.15) is 15.0 Å². The molecule has 0 spiro atoms. The zero-order chi connectivity index (χ0) is 20.1. The molecule has 1 aliphatic heterocycles. The fourth-order valence-corrected chi connectivity index (χ4v) is 3.64. The molecule has 4 N–H and O–H groups in total. The van der Waals surface area contributed by atoms with Gasteiger partial charge >= 0.3 is 0 Å². The minimum Gasteiger partial charge on any atom is -0.368 e. The number of pyridine rings is 1. The van der Waals surface area contributed by atoms with E-state index >= 15 is 0 Å². The van der Waals surface area contributed by atoms with Crippen LogP contribution < -0.4 is 16.4 Å². The molecule has 7 nitrogen and oxygen atoms in total. The van der Waals surface area contributed by atoms with Gasteiger partial charge in [-0.3, -0.25) is 0 Å². The fourth-order valence-electron chi connectivity index (χ4n) is 3.42. The second kappa shape index (κ2) is 6.66. The predicted octanol–water partition coefficient (Wildman–Crippen LogP) is 3.23. The van der Waals surface area contributed by atoms with E-state index in [1.54, 1.807) is 11.0 Å². The summed E-state index contributed by atoms with van der Waals surface area (Å²) < 4.78 is 27.7. The van der Waals surface area contributed by atoms with Gasteiger partial charge < -0.3 is 16.4 Å². The minimum absolute atomic E-state index is 0.000369. The summed E-state index contributed by atoms with van der Waals surface area (Å²) in [5.41, 5.74) is 12.6. The van der Waals surface area contributed by atoms with Gasteiger partial charge in [0.2, 0.25) is 11.9 Å². The molecular formula is C18H18ClF2N7. The lowest BCUT2D eigenvalue weighted by Crippen LogP contribution is -2.27. The van der Waals surface area contributed by atoms with Crippen LogP contribution in [0.3, 0.4) is 0 Å². The first-order valence-corrected chi connectivity index (χ1v) is 9.10. The van der Waals surface area contributed by atoms with E-state index in [2.05, 4.69) is 19.9 Å². The molecule has 146 valence electrons. The molecule has 1 fully saturated rings. The Kier molecular flexibility index (Phi) is 4.41. The van der Waals surface area contributed by atoms with Crippen LogP contribution in [0.4, 0.5) is 26.5 Å². The molecule has 0 bridgehead atoms. The van der Waals surface area contributed by atoms with Crippen molar-refractivity contribution in [2.24, 2.45) is 0 Å². The number of nitrogen functional groups attached to an aromatic ring is 2. The van der Waals surface area contributed by atoms with Crippen molar-refractivity contribution in [1.29, 1.82) is 0 Å². The maximum atomic E-state index is 13.9. The van der Waals surface area contributed by atoms with Crippen LogP contribution in [0, 0.1) is 0 Å². The quantitative estimate of drug-likeness (QED) is 0.688. The smallest absolute Gasteiger partial charge is 0.266 e. The number of nitrogens with two attached hydrogens (primary N) is 2. The van der Waals surface area contributed by atoms with Crippen LogP contribution in [-0.2, 0) is 0 Å². The summed E-state index contributed by atoms with van der Waals surface area (Å²) >= 11 is 6.29. The first kappa shape index (κ1) is 18.5. The number of alkyl halides is 2. The van der Waals surface area contributed by atoms with Gasteiger partial charge in [-0.05, 0) is 12.1 Å². The summed E-state index contributed by atoms with van der Waals surface area (Å²) in [6, 6.07) is 7.27. The Labute approximate surface area is 164 Å². The Morgan fingerprint density at radius 1 is 1.14 bits per heavy atom. The summed E-state index contributed by atoms with van der Waals surface area (Å²) in [6.45, 7) is 1.63. The van der Waals surface area contributed by atoms with Crippen LogP contribution in [0.1, 0.15) is 30.7 Å². The number of rotatable bonds is 3. The third-order valence-electron chi connectivity index (χ3n) is 4.82. The van der Waals surface area contributed by atoms with E-state index in [4.69, 9.17) is 23.1 Å². The molecule has 1 saturated heterocycles. The number of anilines is 3. The first-order valence-electron chi connectivity index (χ1n) is 8.72. The summed E-state index contributed by atoms with van der Waals surface area (Å²) in [5.74, 6) is -2.38. The van der Waals surface area contributed by atoms with Crippen LogP contribution in [0.25, 0.3) is 10.9 Å². The van der Waals surface area contributed by atoms with Crippen LogP contribution in [0.15, 0.2) is 24.3 Å². The Balaban J connectivity index is 1.89. The van der Waals surface area contributed by atoms with E-state index in [1.165, 1.54) is 0 Å². The fraction of sp³-hybridized carbons (Fsp3) is 0.333. The van der Waals surface area contributed by atoms with Crippen molar-refractivity contribution in [2.75, 3.05) is 29.5 Å². The maximum absolute atomic E-state index is 13.9. The molecule has 1 aromatic carbocycles. The highest BCUT2D eigenvalue weighted by Crippen LogP contribution is 2.38. The summed E-state index contributed by atoms with van der Waals surface area (Å²) in [6.07, 6.45) is -0.227. The van der Waals surface area contributed by atoms with Crippen molar-refractivity contribution in [1.82, 2.24) is 19.9 Å². The summed E-state index contributed by atoms with van der Waals surface area (Å²) in [4.78, 5) is 18.3. The van der Waals surface area contributed by atoms with Crippen molar-refractivity contribution in [3.05, 3.63) is 40.7 Å². The zero-order valence-electron chi connectivity index (χ0n) is 15.0. The Bertz CT molecular complexity index is 1040. The van der Waals surface area contributed by atoms with Gasteiger partial charge in [0.05, 0.1) is 17.1 Å². The maximum Gasteiger partial charge on any atom is 0.266 e. The number of halogens is 3. The second-order valence-electron chi connectivity index (χ2n) is 6.87. The lowest BCUT2D eigenvalue weighted by Gasteiger charge is -2.24. The highest BCUT2D eigenvalue weighted by Gasteiger charge is 2.40. The SMILES string of the molecule is CC(c1nc(N)nc(N)n1)c1cc2cccc(Cl)c2nc1N1CCC(F)(F)C1. The molecule has 0 saturated carbocycles. The average Bonchev–Trinajstić information content (AvgIpc) is 2.99. The lowest BCUT2D eigenvalue weighted by atomic mass is 9.98. The third kappa shape index (κ3) is 3.37. The average molecular weight is 406 g/mol. The van der Waals surface area contributed by atoms with Crippen molar-refractivity contribution < 1.29 is 8.78 Å². The number of aromatic nitrogens is 4. The summed E-state index contributed by atoms with van der Waals surface area (Å²) in [5, 5.41) is 1.25. The van der Waals surface area contributed by atoms with Crippen molar-refractivity contribution >= 4 is 40.2 Å². The van der Waals surface area contributed by atoms with Gasteiger partial charge in [-0.1, -0.05) is 30.7 Å². The number of benzene rings is 1. The van der Waals surface area contributed by atoms with Gasteiger partial charge in [0.15, 0.2) is 0 Å². The van der Waals surface area contributed by atoms with E-state index in [1.807, 2.05) is 25.1 Å². The van der Waals surface area contributed by atoms with E-state index in [0.29, 0.717) is 27.7 Å². The third-order valence-corrected chi connectivity index (χ3v) is 5.12. The van der Waals surface area contributed by atoms with E-state index < -0.39 is 18.4 Å². The summed E-state index contributed by atoms with van der Waals surface area (Å²) in [7, 11) is 0. The minimum atomic E-state index is -2.76. The molecular weight excluding hydrogens is 388 g/mol. The molecule has 2 aromatic heterocycles. The number of para-hydroxylation sites is 1. The topological polar surface area (TPSA) is 107 Å². The number of fused-ring (bicyclic) bond motifs is 1. The highest BCUT2D eigenvalue weighted by atomic mass is 35.5. The Morgan fingerprint density at radius 2 is 1.86 bits per heavy atom. The second-order valence-corrected chi connectivity index (χ2v) is 7.28. The van der Waals surface area contributed by atoms with Crippen LogP contribution in [0.2, 0.25) is 5.02 Å². The predicted molar refractivity (Wildman–Crippen MR) is 105 cm³/mol. The van der Waals surface area contributed by atoms with Crippen LogP contribution >= 0.6 is 11.6 Å².